The van der Waals surface area contributed by atoms with E-state index >= 15 is 0 Å². The van der Waals surface area contributed by atoms with Crippen LogP contribution in [0.5, 0.6) is 0 Å². The molecule has 0 aromatic carbocycles. The second-order valence-corrected chi connectivity index (χ2v) is 6.63. The third kappa shape index (κ3) is 2.06. The molecular weight excluding hydrogens is 196 g/mol. The summed E-state index contributed by atoms with van der Waals surface area (Å²) in [6, 6.07) is 0. The first-order valence-electron chi connectivity index (χ1n) is 7.03. The third-order valence-corrected chi connectivity index (χ3v) is 5.21. The first-order chi connectivity index (χ1) is 7.50. The molecule has 0 aromatic rings. The third-order valence-electron chi connectivity index (χ3n) is 5.21. The van der Waals surface area contributed by atoms with Gasteiger partial charge in [-0.3, -0.25) is 4.79 Å². The molecule has 1 unspecified atom stereocenters. The summed E-state index contributed by atoms with van der Waals surface area (Å²) >= 11 is 0. The Hall–Kier alpha value is -0.330. The topological polar surface area (TPSA) is 17.1 Å². The van der Waals surface area contributed by atoms with E-state index in [1.807, 2.05) is 0 Å². The van der Waals surface area contributed by atoms with E-state index in [4.69, 9.17) is 0 Å². The monoisotopic (exact) mass is 222 g/mol. The molecule has 5 atom stereocenters. The number of carbonyl (C=O) groups excluding carboxylic acids is 1. The molecule has 2 rings (SSSR count). The molecule has 1 heteroatoms. The van der Waals surface area contributed by atoms with Crippen LogP contribution in [0.3, 0.4) is 0 Å². The van der Waals surface area contributed by atoms with E-state index < -0.39 is 0 Å². The molecule has 0 aromatic heterocycles. The Morgan fingerprint density at radius 2 is 1.81 bits per heavy atom. The maximum Gasteiger partial charge on any atom is 0.136 e. The number of ketones is 1. The number of hydrogen-bond donors (Lipinski definition) is 0. The van der Waals surface area contributed by atoms with Gasteiger partial charge in [-0.2, -0.15) is 0 Å². The van der Waals surface area contributed by atoms with Gasteiger partial charge in [0.2, 0.25) is 0 Å². The molecule has 0 N–H and O–H groups in total. The molecule has 16 heavy (non-hydrogen) atoms. The molecule has 2 aliphatic rings. The van der Waals surface area contributed by atoms with Gasteiger partial charge in [0.05, 0.1) is 0 Å². The Morgan fingerprint density at radius 3 is 2.44 bits per heavy atom. The van der Waals surface area contributed by atoms with Gasteiger partial charge in [-0.15, -0.1) is 0 Å². The fourth-order valence-electron chi connectivity index (χ4n) is 4.05. The molecule has 0 aliphatic heterocycles. The predicted octanol–water partition coefficient (Wildman–Crippen LogP) is 3.92. The van der Waals surface area contributed by atoms with Crippen LogP contribution in [0.2, 0.25) is 0 Å². The van der Waals surface area contributed by atoms with E-state index in [1.165, 1.54) is 19.3 Å². The van der Waals surface area contributed by atoms with Crippen LogP contribution in [0.4, 0.5) is 0 Å². The molecule has 92 valence electrons. The zero-order valence-corrected chi connectivity index (χ0v) is 11.2. The van der Waals surface area contributed by atoms with E-state index in [-0.39, 0.29) is 0 Å². The summed E-state index contributed by atoms with van der Waals surface area (Å²) in [6.07, 6.45) is 4.76. The van der Waals surface area contributed by atoms with Gasteiger partial charge in [0.15, 0.2) is 0 Å². The molecule has 2 fully saturated rings. The summed E-state index contributed by atoms with van der Waals surface area (Å²) in [6.45, 7) is 9.28. The molecule has 2 aliphatic carbocycles. The minimum Gasteiger partial charge on any atom is -0.299 e. The average molecular weight is 222 g/mol. The van der Waals surface area contributed by atoms with Crippen molar-refractivity contribution in [1.29, 1.82) is 0 Å². The van der Waals surface area contributed by atoms with Crippen molar-refractivity contribution in [2.45, 2.75) is 53.4 Å². The summed E-state index contributed by atoms with van der Waals surface area (Å²) in [7, 11) is 0. The summed E-state index contributed by atoms with van der Waals surface area (Å²) in [4.78, 5) is 12.1. The lowest BCUT2D eigenvalue weighted by molar-refractivity contribution is -0.122. The van der Waals surface area contributed by atoms with Gasteiger partial charge in [-0.05, 0) is 48.9 Å². The number of rotatable bonds is 1. The van der Waals surface area contributed by atoms with Crippen molar-refractivity contribution in [3.05, 3.63) is 0 Å². The maximum absolute atomic E-state index is 12.1. The molecular formula is C15H26O. The molecule has 0 radical (unpaired) electrons. The van der Waals surface area contributed by atoms with Crippen LogP contribution in [0, 0.1) is 35.5 Å². The van der Waals surface area contributed by atoms with E-state index in [0.717, 1.165) is 18.3 Å². The van der Waals surface area contributed by atoms with Crippen LogP contribution < -0.4 is 0 Å². The lowest BCUT2D eigenvalue weighted by Crippen LogP contribution is -2.23. The maximum atomic E-state index is 12.1. The van der Waals surface area contributed by atoms with Gasteiger partial charge < -0.3 is 0 Å². The van der Waals surface area contributed by atoms with Crippen LogP contribution in [0.1, 0.15) is 53.4 Å². The zero-order chi connectivity index (χ0) is 11.9. The molecule has 0 saturated heterocycles. The number of fused-ring (bicyclic) bond motifs is 1. The fourth-order valence-corrected chi connectivity index (χ4v) is 4.05. The second kappa shape index (κ2) is 4.50. The van der Waals surface area contributed by atoms with Crippen LogP contribution in [-0.4, -0.2) is 5.78 Å². The van der Waals surface area contributed by atoms with Crippen molar-refractivity contribution in [1.82, 2.24) is 0 Å². The first-order valence-corrected chi connectivity index (χ1v) is 7.03. The van der Waals surface area contributed by atoms with Crippen LogP contribution >= 0.6 is 0 Å². The lowest BCUT2D eigenvalue weighted by Gasteiger charge is -2.26. The number of Topliss-reactive ketones (excluding diaryl/α,β-unsaturated/α-hetero) is 1. The predicted molar refractivity (Wildman–Crippen MR) is 67.1 cm³/mol. The molecule has 0 amide bonds. The molecule has 2 saturated carbocycles. The SMILES string of the molecule is CC(C)C1CC[C@H](C)[C@@H]2C(=O)C[C@H](C)[C@H]2C1. The minimum absolute atomic E-state index is 0.402. The number of hydrogen-bond acceptors (Lipinski definition) is 1. The summed E-state index contributed by atoms with van der Waals surface area (Å²) < 4.78 is 0. The lowest BCUT2D eigenvalue weighted by atomic mass is 9.78. The molecule has 0 spiro atoms. The van der Waals surface area contributed by atoms with E-state index in [0.29, 0.717) is 29.5 Å². The zero-order valence-electron chi connectivity index (χ0n) is 11.2. The molecule has 1 nitrogen and oxygen atoms in total. The smallest absolute Gasteiger partial charge is 0.136 e. The van der Waals surface area contributed by atoms with E-state index in [2.05, 4.69) is 27.7 Å². The quantitative estimate of drug-likeness (QED) is 0.657. The molecule has 0 heterocycles. The van der Waals surface area contributed by atoms with Gasteiger partial charge in [-0.1, -0.05) is 27.7 Å². The van der Waals surface area contributed by atoms with E-state index in [1.54, 1.807) is 0 Å². The van der Waals surface area contributed by atoms with Gasteiger partial charge in [0.1, 0.15) is 5.78 Å². The minimum atomic E-state index is 0.402. The molecule has 0 bridgehead atoms. The van der Waals surface area contributed by atoms with Crippen molar-refractivity contribution in [2.24, 2.45) is 35.5 Å². The highest BCUT2D eigenvalue weighted by molar-refractivity contribution is 5.84. The second-order valence-electron chi connectivity index (χ2n) is 6.63. The fraction of sp³-hybridized carbons (Fsp3) is 0.933. The highest BCUT2D eigenvalue weighted by atomic mass is 16.1. The van der Waals surface area contributed by atoms with E-state index in [9.17, 15) is 4.79 Å². The Labute approximate surface area is 100.0 Å². The van der Waals surface area contributed by atoms with Crippen molar-refractivity contribution >= 4 is 5.78 Å². The first kappa shape index (κ1) is 12.1. The highest BCUT2D eigenvalue weighted by Gasteiger charge is 2.45. The van der Waals surface area contributed by atoms with Crippen molar-refractivity contribution in [3.8, 4) is 0 Å². The standard InChI is InChI=1S/C15H26O/c1-9(2)12-6-5-10(3)15-13(8-12)11(4)7-14(15)16/h9-13,15H,5-8H2,1-4H3/t10-,11-,12?,13+,15-/m0/s1. The van der Waals surface area contributed by atoms with Crippen LogP contribution in [0.15, 0.2) is 0 Å². The average Bonchev–Trinajstić information content (AvgIpc) is 2.39. The Kier molecular flexibility index (Phi) is 3.42. The number of carbonyl (C=O) groups is 1. The van der Waals surface area contributed by atoms with Gasteiger partial charge >= 0.3 is 0 Å². The van der Waals surface area contributed by atoms with Gasteiger partial charge in [0.25, 0.3) is 0 Å². The normalized spacial score (nSPS) is 44.6. The van der Waals surface area contributed by atoms with Gasteiger partial charge in [0, 0.05) is 12.3 Å². The highest BCUT2D eigenvalue weighted by Crippen LogP contribution is 2.47. The van der Waals surface area contributed by atoms with Crippen molar-refractivity contribution in [2.75, 3.05) is 0 Å². The summed E-state index contributed by atoms with van der Waals surface area (Å²) in [5.74, 6) is 4.57. The summed E-state index contributed by atoms with van der Waals surface area (Å²) in [5.41, 5.74) is 0. The Morgan fingerprint density at radius 1 is 1.12 bits per heavy atom. The Balaban J connectivity index is 2.18. The van der Waals surface area contributed by atoms with Crippen molar-refractivity contribution in [3.63, 3.8) is 0 Å². The van der Waals surface area contributed by atoms with Gasteiger partial charge in [-0.25, -0.2) is 0 Å². The Bertz CT molecular complexity index is 269. The van der Waals surface area contributed by atoms with Crippen LogP contribution in [-0.2, 0) is 4.79 Å². The largest absolute Gasteiger partial charge is 0.299 e. The summed E-state index contributed by atoms with van der Waals surface area (Å²) in [5, 5.41) is 0. The van der Waals surface area contributed by atoms with Crippen LogP contribution in [0.25, 0.3) is 0 Å². The van der Waals surface area contributed by atoms with Crippen molar-refractivity contribution < 1.29 is 4.79 Å².